The van der Waals surface area contributed by atoms with Crippen molar-refractivity contribution in [1.82, 2.24) is 4.98 Å². The number of hydrogen-bond acceptors (Lipinski definition) is 4. The monoisotopic (exact) mass is 358 g/mol. The van der Waals surface area contributed by atoms with Gasteiger partial charge in [-0.2, -0.15) is 13.2 Å². The maximum Gasteiger partial charge on any atom is 0.416 e. The highest BCUT2D eigenvalue weighted by Gasteiger charge is 2.31. The van der Waals surface area contributed by atoms with Crippen LogP contribution in [0.5, 0.6) is 5.75 Å². The fourth-order valence-electron chi connectivity index (χ4n) is 2.06. The summed E-state index contributed by atoms with van der Waals surface area (Å²) in [6.07, 6.45) is -3.80. The third-order valence-electron chi connectivity index (χ3n) is 3.13. The van der Waals surface area contributed by atoms with Crippen molar-refractivity contribution in [3.63, 3.8) is 0 Å². The largest absolute Gasteiger partial charge is 0.491 e. The number of thiazole rings is 1. The molecule has 1 N–H and O–H groups in total. The second-order valence-electron chi connectivity index (χ2n) is 5.16. The van der Waals surface area contributed by atoms with E-state index in [-0.39, 0.29) is 11.4 Å². The van der Waals surface area contributed by atoms with Crippen LogP contribution in [0.4, 0.5) is 18.9 Å². The zero-order chi connectivity index (χ0) is 17.9. The lowest BCUT2D eigenvalue weighted by molar-refractivity contribution is -0.137. The van der Waals surface area contributed by atoms with Crippen molar-refractivity contribution in [1.29, 1.82) is 0 Å². The molecule has 1 aromatic heterocycles. The van der Waals surface area contributed by atoms with Crippen molar-refractivity contribution in [2.24, 2.45) is 0 Å². The number of aryl methyl sites for hydroxylation is 2. The van der Waals surface area contributed by atoms with Gasteiger partial charge in [0.15, 0.2) is 0 Å². The average Bonchev–Trinajstić information content (AvgIpc) is 2.83. The minimum absolute atomic E-state index is 0.00581. The van der Waals surface area contributed by atoms with Gasteiger partial charge in [-0.15, -0.1) is 11.3 Å². The van der Waals surface area contributed by atoms with Crippen molar-refractivity contribution in [2.45, 2.75) is 33.4 Å². The zero-order valence-corrected chi connectivity index (χ0v) is 14.3. The summed E-state index contributed by atoms with van der Waals surface area (Å²) >= 11 is 1.19. The van der Waals surface area contributed by atoms with Crippen molar-refractivity contribution < 1.29 is 22.7 Å². The summed E-state index contributed by atoms with van der Waals surface area (Å²) in [4.78, 5) is 16.9. The average molecular weight is 358 g/mol. The molecule has 0 saturated carbocycles. The van der Waals surface area contributed by atoms with Crippen molar-refractivity contribution in [2.75, 3.05) is 11.9 Å². The molecule has 0 radical (unpaired) electrons. The Balaban J connectivity index is 2.34. The van der Waals surface area contributed by atoms with E-state index in [0.29, 0.717) is 28.6 Å². The summed E-state index contributed by atoms with van der Waals surface area (Å²) in [6, 6.07) is 3.04. The third-order valence-corrected chi connectivity index (χ3v) is 4.20. The second-order valence-corrected chi connectivity index (χ2v) is 6.36. The number of halogens is 3. The van der Waals surface area contributed by atoms with Gasteiger partial charge in [0.1, 0.15) is 10.6 Å². The highest BCUT2D eigenvalue weighted by atomic mass is 32.1. The number of aromatic nitrogens is 1. The number of nitrogens with zero attached hydrogens (tertiary/aromatic N) is 1. The molecule has 1 amide bonds. The molecule has 0 unspecified atom stereocenters. The van der Waals surface area contributed by atoms with Gasteiger partial charge in [-0.3, -0.25) is 4.79 Å². The summed E-state index contributed by atoms with van der Waals surface area (Å²) in [5.41, 5.74) is -0.314. The minimum Gasteiger partial charge on any atom is -0.491 e. The number of carbonyl (C=O) groups excluding carboxylic acids is 1. The molecule has 0 aliphatic heterocycles. The summed E-state index contributed by atoms with van der Waals surface area (Å²) in [5, 5.41) is 3.22. The highest BCUT2D eigenvalue weighted by molar-refractivity contribution is 7.13. The number of hydrogen-bond donors (Lipinski definition) is 1. The zero-order valence-electron chi connectivity index (χ0n) is 13.5. The van der Waals surface area contributed by atoms with Gasteiger partial charge in [-0.1, -0.05) is 6.92 Å². The number of nitrogens with one attached hydrogen (secondary N) is 1. The van der Waals surface area contributed by atoms with E-state index in [4.69, 9.17) is 4.74 Å². The molecule has 0 aliphatic rings. The molecular weight excluding hydrogens is 341 g/mol. The van der Waals surface area contributed by atoms with Gasteiger partial charge < -0.3 is 10.1 Å². The van der Waals surface area contributed by atoms with E-state index in [0.717, 1.165) is 12.1 Å². The Bertz CT molecular complexity index is 741. The molecule has 1 aromatic carbocycles. The molecule has 1 heterocycles. The lowest BCUT2D eigenvalue weighted by atomic mass is 10.1. The number of rotatable bonds is 5. The Hall–Kier alpha value is -2.09. The molecule has 130 valence electrons. The minimum atomic E-state index is -4.50. The molecule has 2 aromatic rings. The van der Waals surface area contributed by atoms with Crippen molar-refractivity contribution >= 4 is 22.9 Å². The number of benzene rings is 1. The first-order chi connectivity index (χ1) is 11.2. The fraction of sp³-hybridized carbons (Fsp3) is 0.375. The van der Waals surface area contributed by atoms with Crippen LogP contribution in [0.2, 0.25) is 0 Å². The number of ether oxygens (including phenoxy) is 1. The van der Waals surface area contributed by atoms with Crippen LogP contribution in [0, 0.1) is 13.8 Å². The molecule has 0 spiro atoms. The Morgan fingerprint density at radius 2 is 2.04 bits per heavy atom. The first kappa shape index (κ1) is 18.3. The van der Waals surface area contributed by atoms with Crippen LogP contribution >= 0.6 is 11.3 Å². The van der Waals surface area contributed by atoms with Crippen molar-refractivity contribution in [3.8, 4) is 5.75 Å². The number of anilines is 1. The second kappa shape index (κ2) is 7.21. The molecule has 0 bridgehead atoms. The molecule has 0 fully saturated rings. The van der Waals surface area contributed by atoms with Gasteiger partial charge in [-0.25, -0.2) is 4.98 Å². The highest BCUT2D eigenvalue weighted by Crippen LogP contribution is 2.35. The summed E-state index contributed by atoms with van der Waals surface area (Å²) in [5.74, 6) is -0.295. The topological polar surface area (TPSA) is 51.2 Å². The Kier molecular flexibility index (Phi) is 5.48. The van der Waals surface area contributed by atoms with E-state index in [1.807, 2.05) is 6.92 Å². The van der Waals surface area contributed by atoms with Crippen LogP contribution in [0.25, 0.3) is 0 Å². The molecule has 0 atom stereocenters. The maximum atomic E-state index is 12.9. The summed E-state index contributed by atoms with van der Waals surface area (Å²) in [6.45, 7) is 5.66. The lowest BCUT2D eigenvalue weighted by Gasteiger charge is -2.15. The fourth-order valence-corrected chi connectivity index (χ4v) is 2.88. The van der Waals surface area contributed by atoms with Crippen LogP contribution in [-0.4, -0.2) is 17.5 Å². The van der Waals surface area contributed by atoms with Crippen LogP contribution in [0.3, 0.4) is 0 Å². The molecule has 24 heavy (non-hydrogen) atoms. The standard InChI is InChI=1S/C16H17F3N2O2S/c1-4-7-23-13-6-5-11(16(17,18)19)8-12(13)21-15(22)14-9(2)20-10(3)24-14/h5-6,8H,4,7H2,1-3H3,(H,21,22). The van der Waals surface area contributed by atoms with Gasteiger partial charge in [0, 0.05) is 0 Å². The van der Waals surface area contributed by atoms with Crippen LogP contribution in [0.15, 0.2) is 18.2 Å². The quantitative estimate of drug-likeness (QED) is 0.834. The number of alkyl halides is 3. The smallest absolute Gasteiger partial charge is 0.416 e. The van der Waals surface area contributed by atoms with Crippen LogP contribution in [-0.2, 0) is 6.18 Å². The Morgan fingerprint density at radius 3 is 2.58 bits per heavy atom. The summed E-state index contributed by atoms with van der Waals surface area (Å²) < 4.78 is 44.2. The van der Waals surface area contributed by atoms with Gasteiger partial charge in [-0.05, 0) is 38.5 Å². The Morgan fingerprint density at radius 1 is 1.33 bits per heavy atom. The molecule has 8 heteroatoms. The molecule has 4 nitrogen and oxygen atoms in total. The third kappa shape index (κ3) is 4.25. The first-order valence-corrected chi connectivity index (χ1v) is 8.13. The lowest BCUT2D eigenvalue weighted by Crippen LogP contribution is -2.14. The molecule has 0 aliphatic carbocycles. The van der Waals surface area contributed by atoms with E-state index in [2.05, 4.69) is 10.3 Å². The SMILES string of the molecule is CCCOc1ccc(C(F)(F)F)cc1NC(=O)c1sc(C)nc1C. The van der Waals surface area contributed by atoms with E-state index < -0.39 is 17.6 Å². The predicted molar refractivity (Wildman–Crippen MR) is 86.8 cm³/mol. The van der Waals surface area contributed by atoms with E-state index >= 15 is 0 Å². The van der Waals surface area contributed by atoms with E-state index in [1.54, 1.807) is 13.8 Å². The van der Waals surface area contributed by atoms with E-state index in [1.165, 1.54) is 17.4 Å². The van der Waals surface area contributed by atoms with Crippen molar-refractivity contribution in [3.05, 3.63) is 39.3 Å². The summed E-state index contributed by atoms with van der Waals surface area (Å²) in [7, 11) is 0. The van der Waals surface area contributed by atoms with Gasteiger partial charge in [0.05, 0.1) is 28.6 Å². The Labute approximate surface area is 141 Å². The van der Waals surface area contributed by atoms with E-state index in [9.17, 15) is 18.0 Å². The van der Waals surface area contributed by atoms with Gasteiger partial charge in [0.2, 0.25) is 0 Å². The van der Waals surface area contributed by atoms with Crippen LogP contribution in [0.1, 0.15) is 39.3 Å². The predicted octanol–water partition coefficient (Wildman–Crippen LogP) is 4.82. The maximum absolute atomic E-state index is 12.9. The normalized spacial score (nSPS) is 11.4. The number of carbonyl (C=O) groups is 1. The first-order valence-electron chi connectivity index (χ1n) is 7.31. The van der Waals surface area contributed by atoms with Gasteiger partial charge in [0.25, 0.3) is 5.91 Å². The molecule has 2 rings (SSSR count). The molecule has 0 saturated heterocycles. The number of amides is 1. The van der Waals surface area contributed by atoms with Crippen LogP contribution < -0.4 is 10.1 Å². The van der Waals surface area contributed by atoms with Gasteiger partial charge >= 0.3 is 6.18 Å². The molecular formula is C16H17F3N2O2S.